The number of rotatable bonds is 6. The van der Waals surface area contributed by atoms with Crippen molar-refractivity contribution in [3.63, 3.8) is 0 Å². The Morgan fingerprint density at radius 3 is 2.63 bits per heavy atom. The molecule has 0 aliphatic carbocycles. The summed E-state index contributed by atoms with van der Waals surface area (Å²) in [5, 5.41) is 13.4. The molecule has 3 rings (SSSR count). The third-order valence-corrected chi connectivity index (χ3v) is 6.68. The Hall–Kier alpha value is -2.79. The number of ether oxygens (including phenoxy) is 1. The van der Waals surface area contributed by atoms with Crippen molar-refractivity contribution in [1.29, 1.82) is 0 Å². The van der Waals surface area contributed by atoms with Crippen LogP contribution in [-0.2, 0) is 19.6 Å². The van der Waals surface area contributed by atoms with Gasteiger partial charge in [0.1, 0.15) is 4.90 Å². The SMILES string of the molecule is O=C(/C=C/c1cccc([N+](=O)[O-])c1)Nc1ccc(Cl)c(S(=O)(=O)N2CCOCC2)c1. The fourth-order valence-electron chi connectivity index (χ4n) is 2.80. The number of nitro benzene ring substituents is 1. The van der Waals surface area contributed by atoms with Gasteiger partial charge in [-0.2, -0.15) is 4.31 Å². The lowest BCUT2D eigenvalue weighted by atomic mass is 10.2. The molecular weight excluding hydrogens is 434 g/mol. The maximum Gasteiger partial charge on any atom is 0.270 e. The highest BCUT2D eigenvalue weighted by atomic mass is 35.5. The molecule has 0 saturated carbocycles. The van der Waals surface area contributed by atoms with Crippen LogP contribution in [0.3, 0.4) is 0 Å². The molecule has 30 heavy (non-hydrogen) atoms. The first kappa shape index (κ1) is 21.9. The number of benzene rings is 2. The van der Waals surface area contributed by atoms with E-state index < -0.39 is 20.9 Å². The van der Waals surface area contributed by atoms with Gasteiger partial charge in [-0.1, -0.05) is 23.7 Å². The summed E-state index contributed by atoms with van der Waals surface area (Å²) in [6, 6.07) is 9.99. The first-order valence-corrected chi connectivity index (χ1v) is 10.7. The molecular formula is C19H18ClN3O6S. The second-order valence-electron chi connectivity index (χ2n) is 6.34. The Morgan fingerprint density at radius 1 is 1.20 bits per heavy atom. The van der Waals surface area contributed by atoms with Crippen molar-refractivity contribution in [3.05, 3.63) is 69.2 Å². The molecule has 1 heterocycles. The van der Waals surface area contributed by atoms with Gasteiger partial charge in [0.05, 0.1) is 23.2 Å². The van der Waals surface area contributed by atoms with E-state index in [1.165, 1.54) is 52.9 Å². The molecule has 1 saturated heterocycles. The van der Waals surface area contributed by atoms with Gasteiger partial charge in [0.25, 0.3) is 5.69 Å². The lowest BCUT2D eigenvalue weighted by Crippen LogP contribution is -2.40. The number of hydrogen-bond acceptors (Lipinski definition) is 6. The van der Waals surface area contributed by atoms with Crippen LogP contribution in [0.5, 0.6) is 0 Å². The minimum Gasteiger partial charge on any atom is -0.379 e. The van der Waals surface area contributed by atoms with Crippen LogP contribution in [0.15, 0.2) is 53.4 Å². The molecule has 0 atom stereocenters. The van der Waals surface area contributed by atoms with Gasteiger partial charge in [0, 0.05) is 37.0 Å². The Kier molecular flexibility index (Phi) is 6.83. The molecule has 0 bridgehead atoms. The minimum absolute atomic E-state index is 0.0478. The number of nitrogens with one attached hydrogen (secondary N) is 1. The van der Waals surface area contributed by atoms with E-state index in [0.29, 0.717) is 18.8 Å². The molecule has 1 fully saturated rings. The van der Waals surface area contributed by atoms with Gasteiger partial charge >= 0.3 is 0 Å². The number of anilines is 1. The topological polar surface area (TPSA) is 119 Å². The van der Waals surface area contributed by atoms with Gasteiger partial charge in [-0.3, -0.25) is 14.9 Å². The van der Waals surface area contributed by atoms with Crippen LogP contribution in [0.2, 0.25) is 5.02 Å². The predicted molar refractivity (Wildman–Crippen MR) is 112 cm³/mol. The summed E-state index contributed by atoms with van der Waals surface area (Å²) in [7, 11) is -3.83. The van der Waals surface area contributed by atoms with E-state index in [4.69, 9.17) is 16.3 Å². The van der Waals surface area contributed by atoms with Crippen LogP contribution in [-0.4, -0.2) is 49.9 Å². The number of nitrogens with zero attached hydrogens (tertiary/aromatic N) is 2. The smallest absolute Gasteiger partial charge is 0.270 e. The number of carbonyl (C=O) groups excluding carboxylic acids is 1. The second kappa shape index (κ2) is 9.35. The van der Waals surface area contributed by atoms with E-state index in [0.717, 1.165) is 0 Å². The molecule has 1 aliphatic heterocycles. The van der Waals surface area contributed by atoms with E-state index in [2.05, 4.69) is 5.32 Å². The van der Waals surface area contributed by atoms with Gasteiger partial charge in [0.15, 0.2) is 0 Å². The maximum atomic E-state index is 12.8. The number of carbonyl (C=O) groups is 1. The fraction of sp³-hybridized carbons (Fsp3) is 0.211. The molecule has 0 unspecified atom stereocenters. The molecule has 2 aromatic rings. The first-order chi connectivity index (χ1) is 14.3. The number of sulfonamides is 1. The zero-order valence-corrected chi connectivity index (χ0v) is 17.2. The van der Waals surface area contributed by atoms with E-state index >= 15 is 0 Å². The Labute approximate surface area is 178 Å². The fourth-order valence-corrected chi connectivity index (χ4v) is 4.71. The number of non-ortho nitro benzene ring substituents is 1. The highest BCUT2D eigenvalue weighted by molar-refractivity contribution is 7.89. The molecule has 2 aromatic carbocycles. The normalized spacial score (nSPS) is 15.2. The summed E-state index contributed by atoms with van der Waals surface area (Å²) >= 11 is 6.10. The highest BCUT2D eigenvalue weighted by Crippen LogP contribution is 2.28. The van der Waals surface area contributed by atoms with Crippen molar-refractivity contribution in [2.24, 2.45) is 0 Å². The highest BCUT2D eigenvalue weighted by Gasteiger charge is 2.28. The van der Waals surface area contributed by atoms with Crippen LogP contribution in [0.1, 0.15) is 5.56 Å². The van der Waals surface area contributed by atoms with Gasteiger partial charge in [0.2, 0.25) is 15.9 Å². The lowest BCUT2D eigenvalue weighted by molar-refractivity contribution is -0.384. The van der Waals surface area contributed by atoms with E-state index in [1.54, 1.807) is 6.07 Å². The molecule has 0 spiro atoms. The Balaban J connectivity index is 1.75. The Morgan fingerprint density at radius 2 is 1.93 bits per heavy atom. The summed E-state index contributed by atoms with van der Waals surface area (Å²) in [6.45, 7) is 1.05. The van der Waals surface area contributed by atoms with Crippen molar-refractivity contribution in [1.82, 2.24) is 4.31 Å². The van der Waals surface area contributed by atoms with E-state index in [-0.39, 0.29) is 34.4 Å². The van der Waals surface area contributed by atoms with Gasteiger partial charge in [-0.25, -0.2) is 8.42 Å². The van der Waals surface area contributed by atoms with Crippen molar-refractivity contribution < 1.29 is 22.9 Å². The average Bonchev–Trinajstić information content (AvgIpc) is 2.74. The number of nitro groups is 1. The molecule has 1 N–H and O–H groups in total. The Bertz CT molecular complexity index is 1100. The van der Waals surface area contributed by atoms with Crippen molar-refractivity contribution in [2.45, 2.75) is 4.90 Å². The number of halogens is 1. The molecule has 1 aliphatic rings. The number of morpholine rings is 1. The molecule has 9 nitrogen and oxygen atoms in total. The van der Waals surface area contributed by atoms with Crippen molar-refractivity contribution in [2.75, 3.05) is 31.6 Å². The predicted octanol–water partition coefficient (Wildman–Crippen LogP) is 2.92. The number of amides is 1. The van der Waals surface area contributed by atoms with Crippen LogP contribution < -0.4 is 5.32 Å². The standard InChI is InChI=1S/C19H18ClN3O6S/c20-17-6-5-15(13-18(17)30(27,28)22-8-10-29-11-9-22)21-19(24)7-4-14-2-1-3-16(12-14)23(25)26/h1-7,12-13H,8-11H2,(H,21,24)/b7-4+. The van der Waals surface area contributed by atoms with Crippen molar-refractivity contribution >= 4 is 45.0 Å². The zero-order valence-electron chi connectivity index (χ0n) is 15.7. The molecule has 1 amide bonds. The van der Waals surface area contributed by atoms with Gasteiger partial charge in [-0.15, -0.1) is 0 Å². The summed E-state index contributed by atoms with van der Waals surface area (Å²) in [4.78, 5) is 22.4. The molecule has 158 valence electrons. The summed E-state index contributed by atoms with van der Waals surface area (Å²) in [5.41, 5.74) is 0.638. The van der Waals surface area contributed by atoms with Crippen LogP contribution in [0, 0.1) is 10.1 Å². The van der Waals surface area contributed by atoms with Crippen LogP contribution in [0.4, 0.5) is 11.4 Å². The van der Waals surface area contributed by atoms with Crippen LogP contribution in [0.25, 0.3) is 6.08 Å². The largest absolute Gasteiger partial charge is 0.379 e. The van der Waals surface area contributed by atoms with E-state index in [9.17, 15) is 23.3 Å². The third kappa shape index (κ3) is 5.22. The quantitative estimate of drug-likeness (QED) is 0.409. The van der Waals surface area contributed by atoms with Gasteiger partial charge in [-0.05, 0) is 29.8 Å². The van der Waals surface area contributed by atoms with Crippen molar-refractivity contribution in [3.8, 4) is 0 Å². The second-order valence-corrected chi connectivity index (χ2v) is 8.65. The summed E-state index contributed by atoms with van der Waals surface area (Å²) in [6.07, 6.45) is 2.62. The average molecular weight is 452 g/mol. The lowest BCUT2D eigenvalue weighted by Gasteiger charge is -2.26. The van der Waals surface area contributed by atoms with Gasteiger partial charge < -0.3 is 10.1 Å². The summed E-state index contributed by atoms with van der Waals surface area (Å²) in [5.74, 6) is -0.529. The number of hydrogen-bond donors (Lipinski definition) is 1. The van der Waals surface area contributed by atoms with E-state index in [1.807, 2.05) is 0 Å². The molecule has 11 heteroatoms. The zero-order chi connectivity index (χ0) is 21.7. The molecule has 0 aromatic heterocycles. The summed E-state index contributed by atoms with van der Waals surface area (Å²) < 4.78 is 32.2. The maximum absolute atomic E-state index is 12.8. The monoisotopic (exact) mass is 451 g/mol. The van der Waals surface area contributed by atoms with Crippen LogP contribution >= 0.6 is 11.6 Å². The minimum atomic E-state index is -3.83. The first-order valence-electron chi connectivity index (χ1n) is 8.88. The molecule has 0 radical (unpaired) electrons. The third-order valence-electron chi connectivity index (χ3n) is 4.29.